The van der Waals surface area contributed by atoms with E-state index in [1.54, 1.807) is 12.1 Å². The molecule has 34 heavy (non-hydrogen) atoms. The third-order valence-electron chi connectivity index (χ3n) is 6.27. The number of nitrogens with zero attached hydrogens (tertiary/aromatic N) is 1. The second-order valence-electron chi connectivity index (χ2n) is 8.41. The maximum Gasteiger partial charge on any atom is 0.328 e. The molecule has 0 spiro atoms. The van der Waals surface area contributed by atoms with E-state index in [2.05, 4.69) is 5.32 Å². The van der Waals surface area contributed by atoms with Crippen molar-refractivity contribution in [2.45, 2.75) is 23.6 Å². The Morgan fingerprint density at radius 2 is 1.85 bits per heavy atom. The molecule has 180 valence electrons. The molecule has 0 saturated carbocycles. The zero-order valence-corrected chi connectivity index (χ0v) is 19.3. The van der Waals surface area contributed by atoms with Gasteiger partial charge < -0.3 is 15.0 Å². The summed E-state index contributed by atoms with van der Waals surface area (Å²) in [5, 5.41) is 1.76. The van der Waals surface area contributed by atoms with Gasteiger partial charge in [0, 0.05) is 39.2 Å². The maximum absolute atomic E-state index is 14.7. The molecule has 11 heteroatoms. The van der Waals surface area contributed by atoms with Crippen LogP contribution in [-0.4, -0.2) is 64.6 Å². The minimum atomic E-state index is -3.16. The van der Waals surface area contributed by atoms with E-state index in [0.717, 1.165) is 4.90 Å². The van der Waals surface area contributed by atoms with Crippen LogP contribution in [0, 0.1) is 4.78 Å². The van der Waals surface area contributed by atoms with E-state index in [4.69, 9.17) is 9.52 Å². The van der Waals surface area contributed by atoms with E-state index >= 15 is 0 Å². The zero-order chi connectivity index (χ0) is 24.8. The fraction of sp³-hybridized carbons (Fsp3) is 0.348. The Balaban J connectivity index is 1.50. The Hall–Kier alpha value is -3.34. The number of rotatable bonds is 5. The van der Waals surface area contributed by atoms with Crippen LogP contribution in [0.2, 0.25) is 0 Å². The highest BCUT2D eigenvalue weighted by molar-refractivity contribution is 7.92. The molecule has 8 nitrogen and oxygen atoms in total. The van der Waals surface area contributed by atoms with Gasteiger partial charge in [-0.1, -0.05) is 30.3 Å². The maximum atomic E-state index is 14.7. The number of hydrogen-bond acceptors (Lipinski definition) is 6. The summed E-state index contributed by atoms with van der Waals surface area (Å²) < 4.78 is 54.1. The molecule has 2 amide bonds. The van der Waals surface area contributed by atoms with Crippen molar-refractivity contribution in [3.05, 3.63) is 59.2 Å². The van der Waals surface area contributed by atoms with Crippen LogP contribution in [0.15, 0.2) is 42.5 Å². The largest absolute Gasteiger partial charge is 0.467 e. The molecular weight excluding hydrogens is 468 g/mol. The highest BCUT2D eigenvalue weighted by Crippen LogP contribution is 2.50. The minimum Gasteiger partial charge on any atom is -0.467 e. The number of carbonyl (C=O) groups is 3. The molecule has 2 aliphatic rings. The van der Waals surface area contributed by atoms with Crippen LogP contribution in [0.25, 0.3) is 11.1 Å². The quantitative estimate of drug-likeness (QED) is 0.623. The first-order chi connectivity index (χ1) is 15.9. The number of carbonyl (C=O) groups excluding carboxylic acids is 3. The minimum absolute atomic E-state index is 0.0314. The summed E-state index contributed by atoms with van der Waals surface area (Å²) in [5.41, 5.74) is 0.378. The first kappa shape index (κ1) is 23.8. The summed E-state index contributed by atoms with van der Waals surface area (Å²) in [5.74, 6) is -5.10. The van der Waals surface area contributed by atoms with Gasteiger partial charge in [-0.2, -0.15) is 8.78 Å². The highest BCUT2D eigenvalue weighted by Gasteiger charge is 2.45. The van der Waals surface area contributed by atoms with Gasteiger partial charge in [-0.3, -0.25) is 14.4 Å². The molecule has 1 aliphatic carbocycles. The second-order valence-corrected chi connectivity index (χ2v) is 10.9. The first-order valence-electron chi connectivity index (χ1n) is 10.5. The van der Waals surface area contributed by atoms with Crippen LogP contribution in [-0.2, 0) is 30.0 Å². The highest BCUT2D eigenvalue weighted by atomic mass is 32.2. The molecule has 3 atom stereocenters. The van der Waals surface area contributed by atoms with E-state index in [-0.39, 0.29) is 35.2 Å². The Labute approximate surface area is 195 Å². The fourth-order valence-electron chi connectivity index (χ4n) is 4.44. The summed E-state index contributed by atoms with van der Waals surface area (Å²) in [6.45, 7) is -0.538. The number of nitrogens with one attached hydrogen (secondary N) is 2. The number of benzene rings is 2. The number of fused-ring (bicyclic) bond motifs is 3. The van der Waals surface area contributed by atoms with Crippen LogP contribution in [0.5, 0.6) is 0 Å². The van der Waals surface area contributed by atoms with Crippen molar-refractivity contribution < 1.29 is 32.1 Å². The SMILES string of the molecule is COC(=O)[C@@H]1C[C@@H]([S@@](C)(=N)=O)CN1C(=O)CNC(=O)c1ccc2c(c1)-c1ccccc1C2(F)F. The van der Waals surface area contributed by atoms with Gasteiger partial charge >= 0.3 is 5.97 Å². The lowest BCUT2D eigenvalue weighted by atomic mass is 10.0. The number of hydrogen-bond donors (Lipinski definition) is 2. The normalized spacial score (nSPS) is 21.8. The van der Waals surface area contributed by atoms with Gasteiger partial charge in [0.15, 0.2) is 0 Å². The van der Waals surface area contributed by atoms with E-state index in [1.165, 1.54) is 43.7 Å². The number of ether oxygens (including phenoxy) is 1. The molecule has 1 fully saturated rings. The standard InChI is InChI=1S/C23H23F2N3O5S/c1-33-22(31)19-10-14(34(2,26)32)12-28(19)20(29)11-27-21(30)13-7-8-18-16(9-13)15-5-3-4-6-17(15)23(18,24)25/h3-9,14,19,26H,10-12H2,1-2H3,(H,27,30)/t14-,19+,34+/m1/s1. The summed E-state index contributed by atoms with van der Waals surface area (Å²) in [7, 11) is -1.84. The number of likely N-dealkylation sites (tertiary alicyclic amines) is 1. The molecule has 1 heterocycles. The zero-order valence-electron chi connectivity index (χ0n) is 18.5. The monoisotopic (exact) mass is 491 g/mol. The fourth-order valence-corrected chi connectivity index (χ4v) is 5.43. The van der Waals surface area contributed by atoms with Crippen molar-refractivity contribution in [3.63, 3.8) is 0 Å². The second kappa shape index (κ2) is 8.46. The Bertz CT molecular complexity index is 1300. The molecular formula is C23H23F2N3O5S. The number of amides is 2. The molecule has 0 radical (unpaired) electrons. The van der Waals surface area contributed by atoms with E-state index in [9.17, 15) is 27.4 Å². The number of esters is 1. The van der Waals surface area contributed by atoms with Crippen molar-refractivity contribution in [1.82, 2.24) is 10.2 Å². The average molecular weight is 492 g/mol. The lowest BCUT2D eigenvalue weighted by molar-refractivity contribution is -0.150. The van der Waals surface area contributed by atoms with Gasteiger partial charge in [-0.25, -0.2) is 9.00 Å². The van der Waals surface area contributed by atoms with Crippen LogP contribution < -0.4 is 5.32 Å². The summed E-state index contributed by atoms with van der Waals surface area (Å²) >= 11 is 0. The third kappa shape index (κ3) is 4.04. The van der Waals surface area contributed by atoms with Gasteiger partial charge in [-0.05, 0) is 29.7 Å². The van der Waals surface area contributed by atoms with Crippen molar-refractivity contribution >= 4 is 27.5 Å². The lowest BCUT2D eigenvalue weighted by Gasteiger charge is -2.22. The summed E-state index contributed by atoms with van der Waals surface area (Å²) in [6.07, 6.45) is 1.28. The van der Waals surface area contributed by atoms with Crippen LogP contribution in [0.3, 0.4) is 0 Å². The van der Waals surface area contributed by atoms with E-state index in [1.807, 2.05) is 0 Å². The van der Waals surface area contributed by atoms with Crippen LogP contribution in [0.1, 0.15) is 27.9 Å². The molecule has 4 rings (SSSR count). The molecule has 2 aromatic carbocycles. The molecule has 2 N–H and O–H groups in total. The summed E-state index contributed by atoms with van der Waals surface area (Å²) in [4.78, 5) is 38.7. The van der Waals surface area contributed by atoms with E-state index in [0.29, 0.717) is 5.56 Å². The molecule has 2 aromatic rings. The molecule has 1 aliphatic heterocycles. The lowest BCUT2D eigenvalue weighted by Crippen LogP contribution is -2.46. The van der Waals surface area contributed by atoms with Gasteiger partial charge in [-0.15, -0.1) is 0 Å². The van der Waals surface area contributed by atoms with E-state index < -0.39 is 51.3 Å². The first-order valence-corrected chi connectivity index (χ1v) is 12.5. The average Bonchev–Trinajstić information content (AvgIpc) is 3.35. The molecule has 0 bridgehead atoms. The van der Waals surface area contributed by atoms with Crippen molar-refractivity contribution in [2.24, 2.45) is 0 Å². The Morgan fingerprint density at radius 1 is 1.18 bits per heavy atom. The Morgan fingerprint density at radius 3 is 2.53 bits per heavy atom. The van der Waals surface area contributed by atoms with Gasteiger partial charge in [0.2, 0.25) is 5.91 Å². The van der Waals surface area contributed by atoms with Crippen molar-refractivity contribution in [1.29, 1.82) is 4.78 Å². The smallest absolute Gasteiger partial charge is 0.328 e. The van der Waals surface area contributed by atoms with Crippen LogP contribution >= 0.6 is 0 Å². The molecule has 0 unspecified atom stereocenters. The number of alkyl halides is 2. The topological polar surface area (TPSA) is 117 Å². The van der Waals surface area contributed by atoms with Gasteiger partial charge in [0.25, 0.3) is 11.8 Å². The van der Waals surface area contributed by atoms with Gasteiger partial charge in [0.1, 0.15) is 6.04 Å². The van der Waals surface area contributed by atoms with Crippen molar-refractivity contribution in [2.75, 3.05) is 26.5 Å². The summed E-state index contributed by atoms with van der Waals surface area (Å²) in [6, 6.07) is 8.93. The number of halogens is 2. The predicted molar refractivity (Wildman–Crippen MR) is 120 cm³/mol. The van der Waals surface area contributed by atoms with Crippen molar-refractivity contribution in [3.8, 4) is 11.1 Å². The molecule has 1 saturated heterocycles. The molecule has 0 aromatic heterocycles. The predicted octanol–water partition coefficient (Wildman–Crippen LogP) is 2.36. The van der Waals surface area contributed by atoms with Crippen LogP contribution in [0.4, 0.5) is 8.78 Å². The third-order valence-corrected chi connectivity index (χ3v) is 7.88. The van der Waals surface area contributed by atoms with Gasteiger partial charge in [0.05, 0.1) is 18.9 Å². The Kier molecular flexibility index (Phi) is 5.92. The number of methoxy groups -OCH3 is 1.